The minimum Gasteiger partial charge on any atom is -0.453 e. The molecule has 3 rings (SSSR count). The van der Waals surface area contributed by atoms with Gasteiger partial charge in [-0.15, -0.1) is 11.3 Å². The lowest BCUT2D eigenvalue weighted by atomic mass is 10.2. The second-order valence-electron chi connectivity index (χ2n) is 6.00. The molecule has 0 N–H and O–H groups in total. The van der Waals surface area contributed by atoms with Gasteiger partial charge < -0.3 is 9.26 Å². The Labute approximate surface area is 138 Å². The lowest BCUT2D eigenvalue weighted by Crippen LogP contribution is -2.05. The number of hydrogen-bond donors (Lipinski definition) is 0. The first kappa shape index (κ1) is 15.7. The molecule has 0 bridgehead atoms. The van der Waals surface area contributed by atoms with Crippen LogP contribution in [0, 0.1) is 19.8 Å². The van der Waals surface area contributed by atoms with Gasteiger partial charge in [-0.2, -0.15) is 5.10 Å². The van der Waals surface area contributed by atoms with E-state index >= 15 is 0 Å². The molecule has 122 valence electrons. The lowest BCUT2D eigenvalue weighted by Gasteiger charge is -2.04. The van der Waals surface area contributed by atoms with Gasteiger partial charge in [0.25, 0.3) is 0 Å². The molecule has 0 unspecified atom stereocenters. The first-order valence-corrected chi connectivity index (χ1v) is 8.32. The van der Waals surface area contributed by atoms with Gasteiger partial charge in [-0.25, -0.2) is 4.79 Å². The highest BCUT2D eigenvalue weighted by molar-refractivity contribution is 7.20. The SMILES string of the molecule is Cc1cc(COC(=O)c2cc3c(C)nn(CC(C)C)c3s2)on1. The molecule has 0 aromatic carbocycles. The molecule has 0 aliphatic carbocycles. The highest BCUT2D eigenvalue weighted by Gasteiger charge is 2.18. The molecule has 0 fully saturated rings. The van der Waals surface area contributed by atoms with Crippen LogP contribution in [-0.2, 0) is 17.9 Å². The number of aromatic nitrogens is 3. The van der Waals surface area contributed by atoms with Crippen molar-refractivity contribution in [2.24, 2.45) is 5.92 Å². The molecule has 7 heteroatoms. The van der Waals surface area contributed by atoms with Crippen LogP contribution in [0.3, 0.4) is 0 Å². The van der Waals surface area contributed by atoms with E-state index < -0.39 is 0 Å². The topological polar surface area (TPSA) is 70.2 Å². The quantitative estimate of drug-likeness (QED) is 0.666. The van der Waals surface area contributed by atoms with Crippen LogP contribution in [-0.4, -0.2) is 20.9 Å². The van der Waals surface area contributed by atoms with Crippen molar-refractivity contribution < 1.29 is 14.1 Å². The average Bonchev–Trinajstić information content (AvgIpc) is 3.15. The van der Waals surface area contributed by atoms with Gasteiger partial charge in [0.05, 0.1) is 11.4 Å². The second kappa shape index (κ2) is 6.16. The van der Waals surface area contributed by atoms with Gasteiger partial charge in [-0.1, -0.05) is 19.0 Å². The van der Waals surface area contributed by atoms with Crippen LogP contribution in [0.15, 0.2) is 16.7 Å². The normalized spacial score (nSPS) is 11.5. The molecule has 6 nitrogen and oxygen atoms in total. The van der Waals surface area contributed by atoms with Gasteiger partial charge in [0, 0.05) is 18.0 Å². The van der Waals surface area contributed by atoms with Crippen LogP contribution in [0.1, 0.15) is 40.7 Å². The summed E-state index contributed by atoms with van der Waals surface area (Å²) >= 11 is 1.41. The number of thiophene rings is 1. The Kier molecular flexibility index (Phi) is 4.21. The van der Waals surface area contributed by atoms with Gasteiger partial charge in [0.15, 0.2) is 12.4 Å². The van der Waals surface area contributed by atoms with Crippen molar-refractivity contribution in [3.8, 4) is 0 Å². The minimum atomic E-state index is -0.351. The molecule has 0 aliphatic heterocycles. The lowest BCUT2D eigenvalue weighted by molar-refractivity contribution is 0.0443. The highest BCUT2D eigenvalue weighted by atomic mass is 32.1. The predicted molar refractivity (Wildman–Crippen MR) is 87.5 cm³/mol. The van der Waals surface area contributed by atoms with Crippen molar-refractivity contribution in [1.82, 2.24) is 14.9 Å². The van der Waals surface area contributed by atoms with E-state index in [9.17, 15) is 4.79 Å². The van der Waals surface area contributed by atoms with Crippen molar-refractivity contribution in [2.45, 2.75) is 40.8 Å². The van der Waals surface area contributed by atoms with Crippen molar-refractivity contribution in [3.05, 3.63) is 34.2 Å². The van der Waals surface area contributed by atoms with Crippen LogP contribution in [0.5, 0.6) is 0 Å². The zero-order valence-electron chi connectivity index (χ0n) is 13.6. The Bertz CT molecular complexity index is 844. The van der Waals surface area contributed by atoms with E-state index in [0.29, 0.717) is 16.6 Å². The zero-order valence-corrected chi connectivity index (χ0v) is 14.4. The third-order valence-corrected chi connectivity index (χ3v) is 4.50. The van der Waals surface area contributed by atoms with E-state index in [0.717, 1.165) is 28.1 Å². The standard InChI is InChI=1S/C16H19N3O3S/c1-9(2)7-19-15-13(11(4)17-19)6-14(23-15)16(20)21-8-12-5-10(3)18-22-12/h5-6,9H,7-8H2,1-4H3. The number of rotatable bonds is 5. The summed E-state index contributed by atoms with van der Waals surface area (Å²) in [4.78, 5) is 13.8. The predicted octanol–water partition coefficient (Wildman–Crippen LogP) is 3.72. The van der Waals surface area contributed by atoms with Gasteiger partial charge in [-0.05, 0) is 25.8 Å². The maximum absolute atomic E-state index is 12.2. The molecule has 0 aliphatic rings. The van der Waals surface area contributed by atoms with Crippen LogP contribution >= 0.6 is 11.3 Å². The molecule has 3 aromatic rings. The fourth-order valence-corrected chi connectivity index (χ4v) is 3.44. The summed E-state index contributed by atoms with van der Waals surface area (Å²) in [5.41, 5.74) is 1.70. The molecule has 0 radical (unpaired) electrons. The number of esters is 1. The fraction of sp³-hybridized carbons (Fsp3) is 0.438. The van der Waals surface area contributed by atoms with Crippen LogP contribution in [0.25, 0.3) is 10.2 Å². The monoisotopic (exact) mass is 333 g/mol. The van der Waals surface area contributed by atoms with Crippen molar-refractivity contribution >= 4 is 27.5 Å². The molecule has 0 spiro atoms. The molecule has 0 saturated carbocycles. The molecule has 0 saturated heterocycles. The molecule has 3 aromatic heterocycles. The molecule has 23 heavy (non-hydrogen) atoms. The first-order chi connectivity index (χ1) is 10.9. The molecular formula is C16H19N3O3S. The van der Waals surface area contributed by atoms with Gasteiger partial charge >= 0.3 is 5.97 Å². The average molecular weight is 333 g/mol. The first-order valence-electron chi connectivity index (χ1n) is 7.50. The van der Waals surface area contributed by atoms with E-state index in [2.05, 4.69) is 24.1 Å². The van der Waals surface area contributed by atoms with E-state index in [1.807, 2.05) is 24.6 Å². The van der Waals surface area contributed by atoms with E-state index in [1.54, 1.807) is 6.07 Å². The highest BCUT2D eigenvalue weighted by Crippen LogP contribution is 2.29. The largest absolute Gasteiger partial charge is 0.453 e. The number of aryl methyl sites for hydroxylation is 2. The van der Waals surface area contributed by atoms with E-state index in [1.165, 1.54) is 11.3 Å². The summed E-state index contributed by atoms with van der Waals surface area (Å²) in [5, 5.41) is 9.32. The van der Waals surface area contributed by atoms with Crippen molar-refractivity contribution in [3.63, 3.8) is 0 Å². The molecule has 3 heterocycles. The molecular weight excluding hydrogens is 314 g/mol. The third kappa shape index (κ3) is 3.29. The summed E-state index contributed by atoms with van der Waals surface area (Å²) in [6, 6.07) is 3.61. The second-order valence-corrected chi connectivity index (χ2v) is 7.03. The summed E-state index contributed by atoms with van der Waals surface area (Å²) in [6.07, 6.45) is 0. The van der Waals surface area contributed by atoms with E-state index in [-0.39, 0.29) is 12.6 Å². The van der Waals surface area contributed by atoms with Crippen LogP contribution in [0.4, 0.5) is 0 Å². The van der Waals surface area contributed by atoms with Gasteiger partial charge in [0.1, 0.15) is 9.71 Å². The fourth-order valence-electron chi connectivity index (χ4n) is 2.38. The Hall–Kier alpha value is -2.15. The Morgan fingerprint density at radius 1 is 1.39 bits per heavy atom. The number of nitrogens with zero attached hydrogens (tertiary/aromatic N) is 3. The summed E-state index contributed by atoms with van der Waals surface area (Å²) in [6.45, 7) is 8.99. The maximum Gasteiger partial charge on any atom is 0.348 e. The summed E-state index contributed by atoms with van der Waals surface area (Å²) in [5.74, 6) is 0.680. The van der Waals surface area contributed by atoms with Crippen molar-refractivity contribution in [2.75, 3.05) is 0 Å². The third-order valence-electron chi connectivity index (χ3n) is 3.37. The maximum atomic E-state index is 12.2. The summed E-state index contributed by atoms with van der Waals surface area (Å²) in [7, 11) is 0. The smallest absolute Gasteiger partial charge is 0.348 e. The van der Waals surface area contributed by atoms with Gasteiger partial charge in [0.2, 0.25) is 0 Å². The molecule has 0 atom stereocenters. The summed E-state index contributed by atoms with van der Waals surface area (Å²) < 4.78 is 12.3. The van der Waals surface area contributed by atoms with Crippen LogP contribution in [0.2, 0.25) is 0 Å². The minimum absolute atomic E-state index is 0.0883. The number of hydrogen-bond acceptors (Lipinski definition) is 6. The zero-order chi connectivity index (χ0) is 16.6. The number of carbonyl (C=O) groups excluding carboxylic acids is 1. The van der Waals surface area contributed by atoms with Crippen molar-refractivity contribution in [1.29, 1.82) is 0 Å². The van der Waals surface area contributed by atoms with Crippen LogP contribution < -0.4 is 0 Å². The Balaban J connectivity index is 1.78. The molecule has 0 amide bonds. The Morgan fingerprint density at radius 3 is 2.83 bits per heavy atom. The number of fused-ring (bicyclic) bond motifs is 1. The number of carbonyl (C=O) groups is 1. The Morgan fingerprint density at radius 2 is 2.17 bits per heavy atom. The number of ether oxygens (including phenoxy) is 1. The van der Waals surface area contributed by atoms with E-state index in [4.69, 9.17) is 9.26 Å². The van der Waals surface area contributed by atoms with Gasteiger partial charge in [-0.3, -0.25) is 4.68 Å².